The van der Waals surface area contributed by atoms with Crippen LogP contribution in [0.5, 0.6) is 0 Å². The van der Waals surface area contributed by atoms with Gasteiger partial charge in [-0.1, -0.05) is 42.5 Å². The van der Waals surface area contributed by atoms with Crippen LogP contribution in [0, 0.1) is 16.7 Å². The second-order valence-corrected chi connectivity index (χ2v) is 7.73. The Hall–Kier alpha value is -4.71. The van der Waals surface area contributed by atoms with Crippen LogP contribution in [0.1, 0.15) is 11.3 Å². The molecule has 9 heteroatoms. The van der Waals surface area contributed by atoms with Gasteiger partial charge in [0.1, 0.15) is 17.5 Å². The zero-order chi connectivity index (χ0) is 24.0. The first-order valence-electron chi connectivity index (χ1n) is 10.2. The molecular weight excluding hydrogens is 438 g/mol. The molecule has 2 aromatic heterocycles. The van der Waals surface area contributed by atoms with Crippen molar-refractivity contribution in [1.82, 2.24) is 20.0 Å². The molecule has 2 N–H and O–H groups in total. The molecule has 0 saturated carbocycles. The molecule has 0 aliphatic rings. The Kier molecular flexibility index (Phi) is 4.98. The fourth-order valence-corrected chi connectivity index (χ4v) is 4.20. The lowest BCUT2D eigenvalue weighted by Gasteiger charge is -2.12. The number of aromatic nitrogens is 4. The van der Waals surface area contributed by atoms with Crippen LogP contribution in [-0.2, 0) is 7.05 Å². The van der Waals surface area contributed by atoms with Crippen LogP contribution < -0.4 is 5.56 Å². The molecule has 0 aliphatic heterocycles. The Morgan fingerprint density at radius 1 is 1.09 bits per heavy atom. The molecule has 0 amide bonds. The number of halogens is 2. The van der Waals surface area contributed by atoms with E-state index in [0.717, 1.165) is 10.8 Å². The first kappa shape index (κ1) is 21.2. The summed E-state index contributed by atoms with van der Waals surface area (Å²) in [6, 6.07) is 18.4. The monoisotopic (exact) mass is 454 g/mol. The van der Waals surface area contributed by atoms with Crippen molar-refractivity contribution in [3.05, 3.63) is 82.4 Å². The van der Waals surface area contributed by atoms with Crippen molar-refractivity contribution in [1.29, 1.82) is 10.7 Å². The third kappa shape index (κ3) is 3.24. The topological polar surface area (TPSA) is 111 Å². The molecular formula is C25H16F2N6O. The van der Waals surface area contributed by atoms with Crippen molar-refractivity contribution in [3.8, 4) is 28.5 Å². The van der Waals surface area contributed by atoms with Crippen molar-refractivity contribution in [2.75, 3.05) is 0 Å². The maximum Gasteiger partial charge on any atom is 0.281 e. The molecule has 0 bridgehead atoms. The molecule has 0 saturated heterocycles. The van der Waals surface area contributed by atoms with Crippen LogP contribution >= 0.6 is 0 Å². The number of aryl methyl sites for hydroxylation is 1. The van der Waals surface area contributed by atoms with Gasteiger partial charge in [0.2, 0.25) is 0 Å². The number of fused-ring (bicyclic) bond motifs is 2. The lowest BCUT2D eigenvalue weighted by atomic mass is 9.93. The molecule has 0 aliphatic carbocycles. The summed E-state index contributed by atoms with van der Waals surface area (Å²) in [5.74, 6) is 0. The fourth-order valence-electron chi connectivity index (χ4n) is 4.20. The Morgan fingerprint density at radius 3 is 2.65 bits per heavy atom. The number of benzene rings is 3. The van der Waals surface area contributed by atoms with E-state index in [1.165, 1.54) is 6.07 Å². The Bertz CT molecular complexity index is 1710. The number of alkyl halides is 2. The van der Waals surface area contributed by atoms with Crippen LogP contribution in [0.3, 0.4) is 0 Å². The van der Waals surface area contributed by atoms with Gasteiger partial charge < -0.3 is 0 Å². The average molecular weight is 454 g/mol. The Labute approximate surface area is 191 Å². The molecule has 5 rings (SSSR count). The highest BCUT2D eigenvalue weighted by Gasteiger charge is 2.22. The maximum atomic E-state index is 13.3. The standard InChI is InChI=1S/C25H16F2N6O/c1-33-23(16-8-6-13-4-2-3-5-15(13)19(16)11-28)20(12-30-33)14-7-9-17-18(10-14)22(21(29)24(26)27)31-32-25(17)34/h2-10,12,24,29H,1H3,(H,32,34). The van der Waals surface area contributed by atoms with Crippen LogP contribution in [0.25, 0.3) is 43.9 Å². The molecule has 7 nitrogen and oxygen atoms in total. The highest BCUT2D eigenvalue weighted by Crippen LogP contribution is 2.37. The molecule has 5 aromatic rings. The van der Waals surface area contributed by atoms with Crippen LogP contribution in [0.15, 0.2) is 65.6 Å². The van der Waals surface area contributed by atoms with Gasteiger partial charge in [0.15, 0.2) is 0 Å². The second kappa shape index (κ2) is 8.01. The summed E-state index contributed by atoms with van der Waals surface area (Å²) < 4.78 is 28.2. The highest BCUT2D eigenvalue weighted by molar-refractivity contribution is 6.09. The van der Waals surface area contributed by atoms with Crippen molar-refractivity contribution in [2.24, 2.45) is 7.05 Å². The summed E-state index contributed by atoms with van der Waals surface area (Å²) in [5.41, 5.74) is 1.23. The van der Waals surface area contributed by atoms with Gasteiger partial charge in [-0.2, -0.15) is 15.5 Å². The molecule has 0 unspecified atom stereocenters. The van der Waals surface area contributed by atoms with Gasteiger partial charge in [-0.3, -0.25) is 14.9 Å². The van der Waals surface area contributed by atoms with Gasteiger partial charge in [-0.25, -0.2) is 13.9 Å². The predicted octanol–water partition coefficient (Wildman–Crippen LogP) is 4.65. The largest absolute Gasteiger partial charge is 0.297 e. The molecule has 3 aromatic carbocycles. The molecule has 0 atom stereocenters. The van der Waals surface area contributed by atoms with E-state index < -0.39 is 17.7 Å². The summed E-state index contributed by atoms with van der Waals surface area (Å²) in [4.78, 5) is 12.2. The smallest absolute Gasteiger partial charge is 0.281 e. The van der Waals surface area contributed by atoms with Crippen molar-refractivity contribution in [2.45, 2.75) is 6.43 Å². The third-order valence-corrected chi connectivity index (χ3v) is 5.81. The number of nitrogens with one attached hydrogen (secondary N) is 2. The lowest BCUT2D eigenvalue weighted by molar-refractivity contribution is 0.225. The van der Waals surface area contributed by atoms with Gasteiger partial charge in [0.05, 0.1) is 22.8 Å². The number of nitriles is 1. The van der Waals surface area contributed by atoms with E-state index in [2.05, 4.69) is 21.4 Å². The van der Waals surface area contributed by atoms with Gasteiger partial charge in [-0.15, -0.1) is 0 Å². The SMILES string of the molecule is Cn1ncc(-c2ccc3c(=O)[nH]nc(C(=N)C(F)F)c3c2)c1-c1ccc2ccccc2c1C#N. The van der Waals surface area contributed by atoms with E-state index in [1.54, 1.807) is 30.1 Å². The minimum Gasteiger partial charge on any atom is -0.297 e. The molecule has 34 heavy (non-hydrogen) atoms. The van der Waals surface area contributed by atoms with Gasteiger partial charge >= 0.3 is 0 Å². The van der Waals surface area contributed by atoms with Gasteiger partial charge in [-0.05, 0) is 23.1 Å². The fraction of sp³-hybridized carbons (Fsp3) is 0.0800. The number of hydrogen-bond donors (Lipinski definition) is 2. The zero-order valence-corrected chi connectivity index (χ0v) is 17.8. The predicted molar refractivity (Wildman–Crippen MR) is 125 cm³/mol. The average Bonchev–Trinajstić information content (AvgIpc) is 3.23. The quantitative estimate of drug-likeness (QED) is 0.385. The number of nitrogens with zero attached hydrogens (tertiary/aromatic N) is 4. The highest BCUT2D eigenvalue weighted by atomic mass is 19.3. The molecule has 0 radical (unpaired) electrons. The van der Waals surface area contributed by atoms with E-state index in [9.17, 15) is 18.8 Å². The molecule has 2 heterocycles. The van der Waals surface area contributed by atoms with Crippen LogP contribution in [0.4, 0.5) is 8.78 Å². The number of aromatic amines is 1. The zero-order valence-electron chi connectivity index (χ0n) is 17.8. The minimum atomic E-state index is -3.05. The van der Waals surface area contributed by atoms with E-state index in [4.69, 9.17) is 5.41 Å². The number of rotatable bonds is 4. The van der Waals surface area contributed by atoms with Gasteiger partial charge in [0.25, 0.3) is 12.0 Å². The first-order chi connectivity index (χ1) is 16.4. The summed E-state index contributed by atoms with van der Waals surface area (Å²) in [5, 5.41) is 30.0. The van der Waals surface area contributed by atoms with Crippen LogP contribution in [0.2, 0.25) is 0 Å². The van der Waals surface area contributed by atoms with Gasteiger partial charge in [0, 0.05) is 28.9 Å². The number of H-pyrrole nitrogens is 1. The number of hydrogen-bond acceptors (Lipinski definition) is 5. The van der Waals surface area contributed by atoms with Crippen molar-refractivity contribution < 1.29 is 8.78 Å². The van der Waals surface area contributed by atoms with Crippen molar-refractivity contribution >= 4 is 27.3 Å². The minimum absolute atomic E-state index is 0.139. The van der Waals surface area contributed by atoms with E-state index in [0.29, 0.717) is 27.9 Å². The first-order valence-corrected chi connectivity index (χ1v) is 10.2. The molecule has 0 spiro atoms. The van der Waals surface area contributed by atoms with E-state index >= 15 is 0 Å². The molecule has 166 valence electrons. The Balaban J connectivity index is 1.78. The second-order valence-electron chi connectivity index (χ2n) is 7.73. The third-order valence-electron chi connectivity index (χ3n) is 5.81. The summed E-state index contributed by atoms with van der Waals surface area (Å²) in [7, 11) is 1.75. The van der Waals surface area contributed by atoms with Crippen LogP contribution in [-0.4, -0.2) is 32.1 Å². The van der Waals surface area contributed by atoms with E-state index in [1.807, 2.05) is 36.4 Å². The van der Waals surface area contributed by atoms with Crippen molar-refractivity contribution in [3.63, 3.8) is 0 Å². The molecule has 0 fully saturated rings. The summed E-state index contributed by atoms with van der Waals surface area (Å²) in [6.45, 7) is 0. The summed E-state index contributed by atoms with van der Waals surface area (Å²) in [6.07, 6.45) is -1.43. The Morgan fingerprint density at radius 2 is 1.88 bits per heavy atom. The maximum absolute atomic E-state index is 13.3. The van der Waals surface area contributed by atoms with E-state index in [-0.39, 0.29) is 16.5 Å². The lowest BCUT2D eigenvalue weighted by Crippen LogP contribution is -2.18. The normalized spacial score (nSPS) is 11.3. The summed E-state index contributed by atoms with van der Waals surface area (Å²) >= 11 is 0.